The van der Waals surface area contributed by atoms with Crippen molar-refractivity contribution in [1.29, 1.82) is 0 Å². The molecule has 4 nitrogen and oxygen atoms in total. The maximum atomic E-state index is 15.6. The first-order valence-corrected chi connectivity index (χ1v) is 15.2. The van der Waals surface area contributed by atoms with Crippen molar-refractivity contribution in [3.63, 3.8) is 0 Å². The topological polar surface area (TPSA) is 36.9 Å². The zero-order valence-corrected chi connectivity index (χ0v) is 24.8. The molecule has 0 amide bonds. The summed E-state index contributed by atoms with van der Waals surface area (Å²) < 4.78 is 39.3. The largest absolute Gasteiger partial charge is 0.495 e. The standard InChI is InChI=1S/C29H42BFO4Si/c1-19(2)36(20(3)4,21(5)6)15-14-24-26(31)13-12-22-16-23(33-18-32-11)17-25(27(22)24)30-34-28(7,8)29(9,10)35-30/h12-13,16-17,19-21H,18H2,1-11H3. The van der Waals surface area contributed by atoms with Crippen molar-refractivity contribution in [2.75, 3.05) is 13.9 Å². The van der Waals surface area contributed by atoms with Gasteiger partial charge in [0.2, 0.25) is 0 Å². The summed E-state index contributed by atoms with van der Waals surface area (Å²) in [7, 11) is -1.19. The molecule has 0 N–H and O–H groups in total. The SMILES string of the molecule is COCOc1cc(B2OC(C)(C)C(C)(C)O2)c2c(C#C[Si](C(C)C)(C(C)C)C(C)C)c(F)ccc2c1. The lowest BCUT2D eigenvalue weighted by molar-refractivity contribution is 0.00578. The summed E-state index contributed by atoms with van der Waals surface area (Å²) in [4.78, 5) is 0. The lowest BCUT2D eigenvalue weighted by atomic mass is 9.74. The molecule has 1 heterocycles. The molecule has 0 saturated carbocycles. The predicted molar refractivity (Wildman–Crippen MR) is 150 cm³/mol. The first-order valence-electron chi connectivity index (χ1n) is 12.9. The minimum absolute atomic E-state index is 0.105. The third-order valence-corrected chi connectivity index (χ3v) is 14.5. The van der Waals surface area contributed by atoms with E-state index >= 15 is 4.39 Å². The summed E-state index contributed by atoms with van der Waals surface area (Å²) in [6.07, 6.45) is 0. The molecule has 7 heteroatoms. The minimum Gasteiger partial charge on any atom is -0.468 e. The number of fused-ring (bicyclic) bond motifs is 1. The van der Waals surface area contributed by atoms with Gasteiger partial charge in [0, 0.05) is 12.5 Å². The van der Waals surface area contributed by atoms with Crippen molar-refractivity contribution in [2.24, 2.45) is 0 Å². The van der Waals surface area contributed by atoms with Gasteiger partial charge in [0.1, 0.15) is 19.6 Å². The van der Waals surface area contributed by atoms with E-state index in [0.29, 0.717) is 38.8 Å². The van der Waals surface area contributed by atoms with Gasteiger partial charge in [-0.1, -0.05) is 53.5 Å². The van der Waals surface area contributed by atoms with Crippen LogP contribution >= 0.6 is 0 Å². The molecule has 0 bridgehead atoms. The summed E-state index contributed by atoms with van der Waals surface area (Å²) in [5.41, 5.74) is 5.06. The van der Waals surface area contributed by atoms with Crippen LogP contribution in [0, 0.1) is 17.3 Å². The number of methoxy groups -OCH3 is 1. The molecule has 0 aliphatic carbocycles. The third kappa shape index (κ3) is 5.11. The van der Waals surface area contributed by atoms with Crippen LogP contribution in [0.3, 0.4) is 0 Å². The molecule has 1 fully saturated rings. The zero-order valence-electron chi connectivity index (χ0n) is 23.8. The molecule has 0 atom stereocenters. The minimum atomic E-state index is -2.08. The Labute approximate surface area is 218 Å². The van der Waals surface area contributed by atoms with Gasteiger partial charge in [0.05, 0.1) is 16.8 Å². The van der Waals surface area contributed by atoms with Gasteiger partial charge in [-0.3, -0.25) is 0 Å². The van der Waals surface area contributed by atoms with Crippen molar-refractivity contribution in [3.05, 3.63) is 35.6 Å². The number of benzene rings is 2. The Morgan fingerprint density at radius 1 is 0.944 bits per heavy atom. The summed E-state index contributed by atoms with van der Waals surface area (Å²) in [6, 6.07) is 7.02. The van der Waals surface area contributed by atoms with Gasteiger partial charge in [-0.05, 0) is 73.4 Å². The summed E-state index contributed by atoms with van der Waals surface area (Å²) in [5.74, 6) is 3.64. The van der Waals surface area contributed by atoms with Crippen LogP contribution in [0.25, 0.3) is 10.8 Å². The van der Waals surface area contributed by atoms with Crippen LogP contribution < -0.4 is 10.2 Å². The molecule has 1 aliphatic rings. The second-order valence-electron chi connectivity index (χ2n) is 11.8. The van der Waals surface area contributed by atoms with Crippen LogP contribution in [0.1, 0.15) is 74.8 Å². The second kappa shape index (κ2) is 10.5. The molecule has 0 aromatic heterocycles. The molecular weight excluding hydrogens is 470 g/mol. The maximum Gasteiger partial charge on any atom is 0.495 e. The van der Waals surface area contributed by atoms with E-state index in [-0.39, 0.29) is 12.6 Å². The molecule has 1 saturated heterocycles. The Kier molecular flexibility index (Phi) is 8.37. The number of hydrogen-bond donors (Lipinski definition) is 0. The quantitative estimate of drug-likeness (QED) is 0.232. The van der Waals surface area contributed by atoms with E-state index in [1.54, 1.807) is 13.2 Å². The van der Waals surface area contributed by atoms with Crippen molar-refractivity contribution >= 4 is 31.4 Å². The fourth-order valence-electron chi connectivity index (χ4n) is 5.54. The fourth-order valence-corrected chi connectivity index (χ4v) is 10.7. The molecule has 0 unspecified atom stereocenters. The molecule has 0 radical (unpaired) electrons. The average Bonchev–Trinajstić information content (AvgIpc) is 2.99. The van der Waals surface area contributed by atoms with E-state index in [4.69, 9.17) is 18.8 Å². The molecular formula is C29H42BFO4Si. The highest BCUT2D eigenvalue weighted by molar-refractivity contribution is 6.90. The predicted octanol–water partition coefficient (Wildman–Crippen LogP) is 6.83. The second-order valence-corrected chi connectivity index (χ2v) is 17.4. The third-order valence-electron chi connectivity index (χ3n) is 8.19. The van der Waals surface area contributed by atoms with Crippen molar-refractivity contribution in [1.82, 2.24) is 0 Å². The average molecular weight is 513 g/mol. The first-order chi connectivity index (χ1) is 16.7. The number of halogens is 1. The summed E-state index contributed by atoms with van der Waals surface area (Å²) in [5, 5.41) is 1.54. The van der Waals surface area contributed by atoms with Crippen molar-refractivity contribution < 1.29 is 23.2 Å². The summed E-state index contributed by atoms with van der Waals surface area (Å²) in [6.45, 7) is 21.7. The first kappa shape index (κ1) is 28.7. The maximum absolute atomic E-state index is 15.6. The lowest BCUT2D eigenvalue weighted by Crippen LogP contribution is -2.43. The van der Waals surface area contributed by atoms with Gasteiger partial charge in [-0.25, -0.2) is 4.39 Å². The molecule has 3 rings (SSSR count). The van der Waals surface area contributed by atoms with Crippen LogP contribution in [0.2, 0.25) is 16.6 Å². The van der Waals surface area contributed by atoms with E-state index in [0.717, 1.165) is 5.39 Å². The molecule has 196 valence electrons. The van der Waals surface area contributed by atoms with E-state index in [1.165, 1.54) is 6.07 Å². The van der Waals surface area contributed by atoms with E-state index in [9.17, 15) is 0 Å². The van der Waals surface area contributed by atoms with Crippen LogP contribution in [-0.2, 0) is 14.0 Å². The van der Waals surface area contributed by atoms with Gasteiger partial charge < -0.3 is 18.8 Å². The number of hydrogen-bond acceptors (Lipinski definition) is 4. The summed E-state index contributed by atoms with van der Waals surface area (Å²) >= 11 is 0. The Bertz CT molecular complexity index is 1130. The molecule has 2 aromatic rings. The van der Waals surface area contributed by atoms with Crippen molar-refractivity contribution in [3.8, 4) is 17.2 Å². The Morgan fingerprint density at radius 2 is 1.50 bits per heavy atom. The van der Waals surface area contributed by atoms with E-state index in [1.807, 2.05) is 39.8 Å². The van der Waals surface area contributed by atoms with E-state index in [2.05, 4.69) is 53.0 Å². The lowest BCUT2D eigenvalue weighted by Gasteiger charge is -2.38. The molecule has 1 aliphatic heterocycles. The van der Waals surface area contributed by atoms with Crippen LogP contribution in [-0.4, -0.2) is 40.3 Å². The monoisotopic (exact) mass is 512 g/mol. The van der Waals surface area contributed by atoms with Crippen LogP contribution in [0.5, 0.6) is 5.75 Å². The van der Waals surface area contributed by atoms with Gasteiger partial charge in [0.15, 0.2) is 6.79 Å². The van der Waals surface area contributed by atoms with Crippen LogP contribution in [0.4, 0.5) is 4.39 Å². The van der Waals surface area contributed by atoms with Crippen molar-refractivity contribution in [2.45, 2.75) is 97.1 Å². The highest BCUT2D eigenvalue weighted by Gasteiger charge is 2.52. The van der Waals surface area contributed by atoms with Gasteiger partial charge >= 0.3 is 7.12 Å². The van der Waals surface area contributed by atoms with E-state index < -0.39 is 26.4 Å². The number of rotatable bonds is 7. The Balaban J connectivity index is 2.32. The highest BCUT2D eigenvalue weighted by atomic mass is 28.3. The van der Waals surface area contributed by atoms with Gasteiger partial charge in [-0.2, -0.15) is 0 Å². The Morgan fingerprint density at radius 3 is 2.00 bits per heavy atom. The molecule has 2 aromatic carbocycles. The normalized spacial score (nSPS) is 17.2. The van der Waals surface area contributed by atoms with Crippen LogP contribution in [0.15, 0.2) is 24.3 Å². The number of ether oxygens (including phenoxy) is 2. The fraction of sp³-hybridized carbons (Fsp3) is 0.586. The highest BCUT2D eigenvalue weighted by Crippen LogP contribution is 2.41. The van der Waals surface area contributed by atoms with Gasteiger partial charge in [-0.15, -0.1) is 5.54 Å². The zero-order chi connectivity index (χ0) is 27.1. The molecule has 0 spiro atoms. The molecule has 36 heavy (non-hydrogen) atoms. The smallest absolute Gasteiger partial charge is 0.468 e. The Hall–Kier alpha value is -1.85. The van der Waals surface area contributed by atoms with Gasteiger partial charge in [0.25, 0.3) is 0 Å².